The molecule has 0 spiro atoms. The van der Waals surface area contributed by atoms with Crippen LogP contribution >= 0.6 is 0 Å². The van der Waals surface area contributed by atoms with Crippen molar-refractivity contribution in [1.82, 2.24) is 4.57 Å². The first-order valence-corrected chi connectivity index (χ1v) is 9.15. The lowest BCUT2D eigenvalue weighted by Crippen LogP contribution is -2.32. The number of sulfone groups is 1. The molecule has 1 aromatic heterocycles. The van der Waals surface area contributed by atoms with Gasteiger partial charge in [-0.15, -0.1) is 6.58 Å². The lowest BCUT2D eigenvalue weighted by atomic mass is 9.78. The molecule has 2 aromatic rings. The minimum Gasteiger partial charge on any atom is -0.350 e. The largest absolute Gasteiger partial charge is 0.350 e. The molecule has 0 aliphatic carbocycles. The highest BCUT2D eigenvalue weighted by Crippen LogP contribution is 2.38. The van der Waals surface area contributed by atoms with Crippen molar-refractivity contribution in [2.75, 3.05) is 5.75 Å². The molecule has 5 nitrogen and oxygen atoms in total. The number of carbonyl (C=O) groups is 1. The van der Waals surface area contributed by atoms with E-state index in [-0.39, 0.29) is 22.0 Å². The molecule has 0 N–H and O–H groups in total. The highest BCUT2D eigenvalue weighted by Gasteiger charge is 2.46. The summed E-state index contributed by atoms with van der Waals surface area (Å²) in [6.45, 7) is 4.04. The van der Waals surface area contributed by atoms with Gasteiger partial charge in [-0.05, 0) is 30.7 Å². The fraction of sp³-hybridized carbons (Fsp3) is 0.222. The molecule has 0 saturated carbocycles. The van der Waals surface area contributed by atoms with Gasteiger partial charge in [0.05, 0.1) is 16.7 Å². The van der Waals surface area contributed by atoms with E-state index >= 15 is 0 Å². The van der Waals surface area contributed by atoms with Gasteiger partial charge in [-0.3, -0.25) is 4.79 Å². The van der Waals surface area contributed by atoms with Gasteiger partial charge in [0.25, 0.3) is 0 Å². The van der Waals surface area contributed by atoms with Crippen LogP contribution in [0.1, 0.15) is 22.5 Å². The Kier molecular flexibility index (Phi) is 3.90. The summed E-state index contributed by atoms with van der Waals surface area (Å²) in [6, 6.07) is 11.6. The molecule has 0 radical (unpaired) electrons. The summed E-state index contributed by atoms with van der Waals surface area (Å²) in [6.07, 6.45) is 3.54. The van der Waals surface area contributed by atoms with Crippen LogP contribution < -0.4 is 0 Å². The second-order valence-corrected chi connectivity index (χ2v) is 7.82. The first-order valence-electron chi connectivity index (χ1n) is 7.50. The number of nitriles is 1. The molecular formula is C18H16N2O3S. The molecule has 24 heavy (non-hydrogen) atoms. The zero-order valence-corrected chi connectivity index (χ0v) is 13.8. The number of rotatable bonds is 5. The maximum atomic E-state index is 13.0. The van der Waals surface area contributed by atoms with E-state index in [1.54, 1.807) is 18.2 Å². The Hall–Kier alpha value is -2.65. The molecule has 0 bridgehead atoms. The number of aromatic nitrogens is 1. The fourth-order valence-corrected chi connectivity index (χ4v) is 4.23. The summed E-state index contributed by atoms with van der Waals surface area (Å²) >= 11 is 0. The Morgan fingerprint density at radius 1 is 1.38 bits per heavy atom. The maximum absolute atomic E-state index is 13.0. The van der Waals surface area contributed by atoms with E-state index in [0.717, 1.165) is 0 Å². The molecule has 0 amide bonds. The lowest BCUT2D eigenvalue weighted by molar-refractivity contribution is 0.0921. The zero-order valence-electron chi connectivity index (χ0n) is 13.0. The van der Waals surface area contributed by atoms with Gasteiger partial charge in [0.1, 0.15) is 0 Å². The van der Waals surface area contributed by atoms with Crippen molar-refractivity contribution in [2.24, 2.45) is 0 Å². The molecule has 1 aliphatic heterocycles. The summed E-state index contributed by atoms with van der Waals surface area (Å²) < 4.78 is 26.3. The van der Waals surface area contributed by atoms with Gasteiger partial charge in [0, 0.05) is 24.0 Å². The number of benzene rings is 1. The molecule has 1 atom stereocenters. The van der Waals surface area contributed by atoms with Crippen LogP contribution in [-0.4, -0.2) is 24.5 Å². The van der Waals surface area contributed by atoms with Crippen molar-refractivity contribution in [3.63, 3.8) is 0 Å². The van der Waals surface area contributed by atoms with E-state index in [1.807, 2.05) is 10.8 Å². The third-order valence-electron chi connectivity index (χ3n) is 4.37. The van der Waals surface area contributed by atoms with Gasteiger partial charge in [0.15, 0.2) is 21.0 Å². The lowest BCUT2D eigenvalue weighted by Gasteiger charge is -2.19. The van der Waals surface area contributed by atoms with Gasteiger partial charge in [-0.25, -0.2) is 8.42 Å². The van der Waals surface area contributed by atoms with E-state index in [0.29, 0.717) is 18.7 Å². The van der Waals surface area contributed by atoms with Crippen molar-refractivity contribution in [3.05, 3.63) is 66.5 Å². The van der Waals surface area contributed by atoms with Gasteiger partial charge >= 0.3 is 0 Å². The van der Waals surface area contributed by atoms with E-state index in [4.69, 9.17) is 0 Å². The van der Waals surface area contributed by atoms with E-state index in [2.05, 4.69) is 12.6 Å². The van der Waals surface area contributed by atoms with Crippen molar-refractivity contribution < 1.29 is 13.2 Å². The summed E-state index contributed by atoms with van der Waals surface area (Å²) in [7, 11) is -3.52. The Morgan fingerprint density at radius 2 is 2.17 bits per heavy atom. The number of fused-ring (bicyclic) bond motifs is 1. The second kappa shape index (κ2) is 5.77. The first kappa shape index (κ1) is 16.2. The number of hydrogen-bond acceptors (Lipinski definition) is 4. The average Bonchev–Trinajstić information content (AvgIpc) is 3.17. The molecule has 122 valence electrons. The van der Waals surface area contributed by atoms with Gasteiger partial charge in [-0.2, -0.15) is 5.26 Å². The average molecular weight is 340 g/mol. The number of ketones is 1. The van der Waals surface area contributed by atoms with Crippen molar-refractivity contribution in [1.29, 1.82) is 5.26 Å². The quantitative estimate of drug-likeness (QED) is 0.619. The molecule has 0 fully saturated rings. The van der Waals surface area contributed by atoms with Crippen LogP contribution in [0.4, 0.5) is 0 Å². The highest BCUT2D eigenvalue weighted by molar-refractivity contribution is 7.91. The Labute approximate surface area is 140 Å². The first-order chi connectivity index (χ1) is 11.4. The Bertz CT molecular complexity index is 966. The van der Waals surface area contributed by atoms with Crippen LogP contribution in [0.15, 0.2) is 60.1 Å². The molecule has 3 rings (SSSR count). The molecule has 0 saturated heterocycles. The van der Waals surface area contributed by atoms with Gasteiger partial charge in [0.2, 0.25) is 0 Å². The molecule has 1 unspecified atom stereocenters. The summed E-state index contributed by atoms with van der Waals surface area (Å²) in [4.78, 5) is 13.1. The van der Waals surface area contributed by atoms with Crippen LogP contribution in [0.3, 0.4) is 0 Å². The van der Waals surface area contributed by atoms with Crippen molar-refractivity contribution >= 4 is 15.6 Å². The third kappa shape index (κ3) is 2.38. The van der Waals surface area contributed by atoms with Gasteiger partial charge < -0.3 is 4.57 Å². The summed E-state index contributed by atoms with van der Waals surface area (Å²) in [5, 5.41) is 9.71. The number of hydrogen-bond donors (Lipinski definition) is 0. The maximum Gasteiger partial charge on any atom is 0.189 e. The molecule has 6 heteroatoms. The fourth-order valence-electron chi connectivity index (χ4n) is 3.14. The molecular weight excluding hydrogens is 324 g/mol. The van der Waals surface area contributed by atoms with E-state index < -0.39 is 15.3 Å². The zero-order chi connectivity index (χ0) is 17.4. The van der Waals surface area contributed by atoms with E-state index in [9.17, 15) is 18.5 Å². The summed E-state index contributed by atoms with van der Waals surface area (Å²) in [5.41, 5.74) is -0.365. The monoisotopic (exact) mass is 340 g/mol. The van der Waals surface area contributed by atoms with Crippen LogP contribution in [0.25, 0.3) is 0 Å². The van der Waals surface area contributed by atoms with Crippen LogP contribution in [-0.2, 0) is 21.8 Å². The van der Waals surface area contributed by atoms with Crippen LogP contribution in [0, 0.1) is 11.3 Å². The SMILES string of the molecule is C=CCS(=O)(=O)c1cccc(C(=O)C2(C#N)CCn3cccc32)c1. The molecule has 1 aliphatic rings. The summed E-state index contributed by atoms with van der Waals surface area (Å²) in [5.74, 6) is -0.560. The topological polar surface area (TPSA) is 79.9 Å². The Morgan fingerprint density at radius 3 is 2.88 bits per heavy atom. The smallest absolute Gasteiger partial charge is 0.189 e. The van der Waals surface area contributed by atoms with Gasteiger partial charge in [-0.1, -0.05) is 18.2 Å². The second-order valence-electron chi connectivity index (χ2n) is 5.78. The normalized spacial score (nSPS) is 19.5. The van der Waals surface area contributed by atoms with Crippen molar-refractivity contribution in [3.8, 4) is 6.07 Å². The standard InChI is InChI=1S/C18H16N2O3S/c1-2-11-24(22,23)15-6-3-5-14(12-15)17(21)18(13-19)8-10-20-9-4-7-16(18)20/h2-7,9,12H,1,8,10-11H2. The minimum absolute atomic E-state index is 0.0646. The van der Waals surface area contributed by atoms with Crippen LogP contribution in [0.2, 0.25) is 0 Å². The Balaban J connectivity index is 2.06. The third-order valence-corrected chi connectivity index (χ3v) is 6.01. The minimum atomic E-state index is -3.52. The number of aryl methyl sites for hydroxylation is 1. The molecule has 1 aromatic carbocycles. The number of Topliss-reactive ketones (excluding diaryl/α,β-unsaturated/α-hetero) is 1. The molecule has 2 heterocycles. The highest BCUT2D eigenvalue weighted by atomic mass is 32.2. The van der Waals surface area contributed by atoms with Crippen molar-refractivity contribution in [2.45, 2.75) is 23.3 Å². The van der Waals surface area contributed by atoms with Crippen LogP contribution in [0.5, 0.6) is 0 Å². The van der Waals surface area contributed by atoms with E-state index in [1.165, 1.54) is 24.3 Å². The number of nitrogens with zero attached hydrogens (tertiary/aromatic N) is 2. The number of carbonyl (C=O) groups excluding carboxylic acids is 1. The predicted octanol–water partition coefficient (Wildman–Crippen LogP) is 2.50. The predicted molar refractivity (Wildman–Crippen MR) is 89.4 cm³/mol.